The summed E-state index contributed by atoms with van der Waals surface area (Å²) in [5, 5.41) is 5.40. The van der Waals surface area contributed by atoms with Crippen molar-refractivity contribution in [3.63, 3.8) is 0 Å². The molecule has 2 aliphatic rings. The van der Waals surface area contributed by atoms with Crippen LogP contribution in [0.25, 0.3) is 21.9 Å². The maximum atomic E-state index is 12.3. The summed E-state index contributed by atoms with van der Waals surface area (Å²) in [4.78, 5) is 26.7. The van der Waals surface area contributed by atoms with Crippen molar-refractivity contribution in [2.45, 2.75) is 31.7 Å². The minimum absolute atomic E-state index is 0.153. The molecule has 1 amide bonds. The molecule has 6 nitrogen and oxygen atoms in total. The third kappa shape index (κ3) is 2.62. The van der Waals surface area contributed by atoms with E-state index in [9.17, 15) is 4.79 Å². The van der Waals surface area contributed by atoms with E-state index in [1.165, 1.54) is 11.1 Å². The Morgan fingerprint density at radius 2 is 2.00 bits per heavy atom. The van der Waals surface area contributed by atoms with Crippen molar-refractivity contribution in [1.29, 1.82) is 0 Å². The van der Waals surface area contributed by atoms with Crippen molar-refractivity contribution in [2.75, 3.05) is 18.0 Å². The molecule has 2 N–H and O–H groups in total. The molecule has 0 aromatic carbocycles. The van der Waals surface area contributed by atoms with Gasteiger partial charge in [0.2, 0.25) is 5.91 Å². The second-order valence-corrected chi connectivity index (χ2v) is 7.14. The third-order valence-corrected chi connectivity index (χ3v) is 5.40. The highest BCUT2D eigenvalue weighted by Gasteiger charge is 2.30. The first-order chi connectivity index (χ1) is 12.3. The third-order valence-electron chi connectivity index (χ3n) is 5.40. The maximum Gasteiger partial charge on any atom is 0.223 e. The fraction of sp³-hybridized carbons (Fsp3) is 0.421. The van der Waals surface area contributed by atoms with E-state index in [4.69, 9.17) is 0 Å². The minimum atomic E-state index is 0.153. The van der Waals surface area contributed by atoms with Gasteiger partial charge in [0.05, 0.1) is 11.7 Å². The molecular weight excluding hydrogens is 314 g/mol. The van der Waals surface area contributed by atoms with Crippen molar-refractivity contribution in [3.05, 3.63) is 30.7 Å². The Bertz CT molecular complexity index is 937. The molecule has 6 heteroatoms. The number of piperidine rings is 1. The highest BCUT2D eigenvalue weighted by molar-refractivity contribution is 6.10. The Labute approximate surface area is 145 Å². The number of rotatable bonds is 3. The first kappa shape index (κ1) is 14.7. The first-order valence-electron chi connectivity index (χ1n) is 9.06. The standard InChI is InChI=1S/C19H21N5O/c25-19(23-13-1-2-13)12-5-9-24(10-6-12)16-4-8-20-15-11-22-18-14(17(15)16)3-7-21-18/h3-4,7-8,11-13,20H,1-2,5-6,9-10H2,(H,23,25). The fourth-order valence-corrected chi connectivity index (χ4v) is 3.83. The van der Waals surface area contributed by atoms with Gasteiger partial charge in [-0.1, -0.05) is 0 Å². The van der Waals surface area contributed by atoms with Gasteiger partial charge in [-0.25, -0.2) is 9.97 Å². The van der Waals surface area contributed by atoms with E-state index in [0.717, 1.165) is 55.3 Å². The summed E-state index contributed by atoms with van der Waals surface area (Å²) < 4.78 is 0. The number of carbonyl (C=O) groups is 1. The van der Waals surface area contributed by atoms with Gasteiger partial charge in [-0.05, 0) is 37.8 Å². The first-order valence-corrected chi connectivity index (χ1v) is 9.06. The van der Waals surface area contributed by atoms with E-state index in [0.29, 0.717) is 6.04 Å². The van der Waals surface area contributed by atoms with Crippen LogP contribution in [0.1, 0.15) is 25.7 Å². The summed E-state index contributed by atoms with van der Waals surface area (Å²) in [6.07, 6.45) is 9.74. The lowest BCUT2D eigenvalue weighted by Crippen LogP contribution is -2.41. The lowest BCUT2D eigenvalue weighted by atomic mass is 9.95. The van der Waals surface area contributed by atoms with Crippen LogP contribution in [0.15, 0.2) is 30.7 Å². The van der Waals surface area contributed by atoms with Crippen LogP contribution in [0.2, 0.25) is 0 Å². The number of hydrogen-bond acceptors (Lipinski definition) is 4. The number of pyridine rings is 2. The zero-order chi connectivity index (χ0) is 16.8. The molecule has 0 bridgehead atoms. The zero-order valence-corrected chi connectivity index (χ0v) is 14.0. The van der Waals surface area contributed by atoms with E-state index < -0.39 is 0 Å². The molecule has 1 aliphatic heterocycles. The van der Waals surface area contributed by atoms with Gasteiger partial charge in [-0.15, -0.1) is 0 Å². The molecular formula is C19H21N5O. The number of aromatic nitrogens is 3. The normalized spacial score (nSPS) is 18.8. The van der Waals surface area contributed by atoms with Crippen LogP contribution >= 0.6 is 0 Å². The Balaban J connectivity index is 1.42. The monoisotopic (exact) mass is 335 g/mol. The van der Waals surface area contributed by atoms with Gasteiger partial charge in [0.25, 0.3) is 0 Å². The molecule has 1 aliphatic carbocycles. The molecule has 2 fully saturated rings. The molecule has 0 spiro atoms. The van der Waals surface area contributed by atoms with Gasteiger partial charge in [0, 0.05) is 53.9 Å². The highest BCUT2D eigenvalue weighted by atomic mass is 16.2. The second kappa shape index (κ2) is 5.72. The molecule has 1 saturated heterocycles. The van der Waals surface area contributed by atoms with Crippen molar-refractivity contribution < 1.29 is 4.79 Å². The van der Waals surface area contributed by atoms with Crippen LogP contribution in [-0.4, -0.2) is 40.0 Å². The van der Waals surface area contributed by atoms with Gasteiger partial charge < -0.3 is 15.2 Å². The van der Waals surface area contributed by atoms with E-state index in [2.05, 4.69) is 31.2 Å². The number of hydrogen-bond donors (Lipinski definition) is 2. The molecule has 0 atom stereocenters. The average Bonchev–Trinajstić information content (AvgIpc) is 3.33. The number of nitrogens with one attached hydrogen (secondary N) is 2. The topological polar surface area (TPSA) is 73.9 Å². The van der Waals surface area contributed by atoms with Gasteiger partial charge in [0.1, 0.15) is 0 Å². The summed E-state index contributed by atoms with van der Waals surface area (Å²) in [6, 6.07) is 4.60. The average molecular weight is 335 g/mol. The van der Waals surface area contributed by atoms with Crippen LogP contribution in [-0.2, 0) is 4.79 Å². The molecule has 5 rings (SSSR count). The van der Waals surface area contributed by atoms with Crippen molar-refractivity contribution in [1.82, 2.24) is 20.3 Å². The summed E-state index contributed by atoms with van der Waals surface area (Å²) in [6.45, 7) is 1.81. The van der Waals surface area contributed by atoms with E-state index in [-0.39, 0.29) is 11.8 Å². The molecule has 3 aromatic heterocycles. The molecule has 4 heterocycles. The quantitative estimate of drug-likeness (QED) is 0.771. The van der Waals surface area contributed by atoms with E-state index in [1.807, 2.05) is 24.7 Å². The summed E-state index contributed by atoms with van der Waals surface area (Å²) >= 11 is 0. The highest BCUT2D eigenvalue weighted by Crippen LogP contribution is 2.33. The number of fused-ring (bicyclic) bond motifs is 3. The van der Waals surface area contributed by atoms with Crippen molar-refractivity contribution in [2.24, 2.45) is 5.92 Å². The molecule has 128 valence electrons. The van der Waals surface area contributed by atoms with Crippen LogP contribution in [0.4, 0.5) is 5.69 Å². The van der Waals surface area contributed by atoms with Crippen molar-refractivity contribution in [3.8, 4) is 0 Å². The number of amides is 1. The van der Waals surface area contributed by atoms with Crippen LogP contribution < -0.4 is 10.2 Å². The molecule has 1 saturated carbocycles. The number of carbonyl (C=O) groups excluding carboxylic acids is 1. The summed E-state index contributed by atoms with van der Waals surface area (Å²) in [7, 11) is 0. The summed E-state index contributed by atoms with van der Waals surface area (Å²) in [5.74, 6) is 0.404. The molecule has 0 unspecified atom stereocenters. The molecule has 0 radical (unpaired) electrons. The van der Waals surface area contributed by atoms with Gasteiger partial charge in [-0.3, -0.25) is 4.79 Å². The van der Waals surface area contributed by atoms with Crippen LogP contribution in [0.5, 0.6) is 0 Å². The lowest BCUT2D eigenvalue weighted by Gasteiger charge is -2.33. The predicted molar refractivity (Wildman–Crippen MR) is 97.5 cm³/mol. The minimum Gasteiger partial charge on any atom is -0.371 e. The maximum absolute atomic E-state index is 12.3. The smallest absolute Gasteiger partial charge is 0.223 e. The Hall–Kier alpha value is -2.63. The summed E-state index contributed by atoms with van der Waals surface area (Å²) in [5.41, 5.74) is 3.01. The van der Waals surface area contributed by atoms with Gasteiger partial charge >= 0.3 is 0 Å². The largest absolute Gasteiger partial charge is 0.371 e. The second-order valence-electron chi connectivity index (χ2n) is 7.14. The van der Waals surface area contributed by atoms with Gasteiger partial charge in [0.15, 0.2) is 5.65 Å². The van der Waals surface area contributed by atoms with Crippen molar-refractivity contribution >= 4 is 33.5 Å². The Morgan fingerprint density at radius 1 is 1.16 bits per heavy atom. The number of anilines is 1. The SMILES string of the molecule is O=C(NC1CC1)C1CCN(c2cc[nH]c3cnc4nccc4c23)CC1. The number of nitrogens with zero attached hydrogens (tertiary/aromatic N) is 3. The van der Waals surface area contributed by atoms with Crippen LogP contribution in [0.3, 0.4) is 0 Å². The predicted octanol–water partition coefficient (Wildman–Crippen LogP) is 2.61. The fourth-order valence-electron chi connectivity index (χ4n) is 3.83. The number of H-pyrrole nitrogens is 1. The van der Waals surface area contributed by atoms with Gasteiger partial charge in [-0.2, -0.15) is 0 Å². The lowest BCUT2D eigenvalue weighted by molar-refractivity contribution is -0.125. The number of aromatic amines is 1. The Kier molecular flexibility index (Phi) is 3.36. The molecule has 25 heavy (non-hydrogen) atoms. The van der Waals surface area contributed by atoms with E-state index in [1.54, 1.807) is 0 Å². The zero-order valence-electron chi connectivity index (χ0n) is 14.0. The Morgan fingerprint density at radius 3 is 2.80 bits per heavy atom. The van der Waals surface area contributed by atoms with Crippen LogP contribution in [0, 0.1) is 5.92 Å². The molecule has 3 aromatic rings. The van der Waals surface area contributed by atoms with E-state index >= 15 is 0 Å².